The van der Waals surface area contributed by atoms with E-state index in [1.165, 1.54) is 165 Å². The maximum Gasteiger partial charge on any atom is 1.00 e. The third-order valence-corrected chi connectivity index (χ3v) is 15.4. The quantitative estimate of drug-likeness (QED) is 0.0364. The van der Waals surface area contributed by atoms with Gasteiger partial charge in [-0.2, -0.15) is 16.7 Å². The van der Waals surface area contributed by atoms with E-state index in [9.17, 15) is 38.7 Å². The number of hydrogen-bond acceptors (Lipinski definition) is 16. The summed E-state index contributed by atoms with van der Waals surface area (Å²) < 4.78 is 51.1. The Morgan fingerprint density at radius 1 is 0.731 bits per heavy atom. The van der Waals surface area contributed by atoms with Crippen LogP contribution >= 0.6 is 27.4 Å². The first-order valence-electron chi connectivity index (χ1n) is 25.0. The minimum Gasteiger partial charge on any atom is -0.756 e. The third kappa shape index (κ3) is 33.9. The van der Waals surface area contributed by atoms with Gasteiger partial charge in [0.2, 0.25) is 0 Å². The predicted octanol–water partition coefficient (Wildman–Crippen LogP) is 3.83. The van der Waals surface area contributed by atoms with Crippen LogP contribution in [0.1, 0.15) is 213 Å². The number of carbonyl (C=O) groups excluding carboxylic acids is 1. The van der Waals surface area contributed by atoms with Crippen LogP contribution in [0.4, 0.5) is 5.82 Å². The van der Waals surface area contributed by atoms with E-state index >= 15 is 0 Å². The van der Waals surface area contributed by atoms with Gasteiger partial charge in [-0.25, -0.2) is 9.11 Å². The largest absolute Gasteiger partial charge is 1.00 e. The van der Waals surface area contributed by atoms with Crippen LogP contribution in [0.15, 0.2) is 17.1 Å². The zero-order valence-corrected chi connectivity index (χ0v) is 48.3. The Morgan fingerprint density at radius 2 is 1.16 bits per heavy atom. The molecule has 16 nitrogen and oxygen atoms in total. The zero-order chi connectivity index (χ0) is 47.6. The van der Waals surface area contributed by atoms with E-state index in [1.54, 1.807) is 0 Å². The molecular formula is C46H85N3Na2O13P2S. The second kappa shape index (κ2) is 42.0. The van der Waals surface area contributed by atoms with E-state index in [0.29, 0.717) is 6.42 Å². The predicted molar refractivity (Wildman–Crippen MR) is 254 cm³/mol. The van der Waals surface area contributed by atoms with Crippen LogP contribution in [0.5, 0.6) is 0 Å². The monoisotopic (exact) mass is 1030 g/mol. The van der Waals surface area contributed by atoms with E-state index in [1.807, 2.05) is 0 Å². The molecule has 0 radical (unpaired) electrons. The van der Waals surface area contributed by atoms with Crippen molar-refractivity contribution in [1.82, 2.24) is 9.55 Å². The Morgan fingerprint density at radius 3 is 1.63 bits per heavy atom. The van der Waals surface area contributed by atoms with Crippen LogP contribution in [0.25, 0.3) is 0 Å². The summed E-state index contributed by atoms with van der Waals surface area (Å²) in [6, 6.07) is 1.26. The van der Waals surface area contributed by atoms with Crippen LogP contribution in [0.3, 0.4) is 0 Å². The Kier molecular flexibility index (Phi) is 42.4. The number of unbranched alkanes of at least 4 members (excludes halogenated alkanes) is 27. The van der Waals surface area contributed by atoms with Gasteiger partial charge in [0.15, 0.2) is 6.23 Å². The van der Waals surface area contributed by atoms with Crippen LogP contribution in [-0.4, -0.2) is 74.9 Å². The van der Waals surface area contributed by atoms with Crippen molar-refractivity contribution < 1.29 is 116 Å². The maximum absolute atomic E-state index is 12.9. The van der Waals surface area contributed by atoms with Gasteiger partial charge in [0, 0.05) is 18.4 Å². The van der Waals surface area contributed by atoms with E-state index in [-0.39, 0.29) is 77.1 Å². The number of carbonyl (C=O) groups is 1. The fraction of sp³-hybridized carbons (Fsp3) is 0.891. The molecule has 7 atom stereocenters. The average molecular weight is 1030 g/mol. The van der Waals surface area contributed by atoms with Gasteiger partial charge in [-0.3, -0.25) is 18.5 Å². The average Bonchev–Trinajstić information content (AvgIpc) is 3.54. The summed E-state index contributed by atoms with van der Waals surface area (Å²) in [4.78, 5) is 53.9. The molecule has 0 amide bonds. The SMILES string of the molecule is CCCCCCCCCCCCCCCCCC(=O)OC(COP(=O)([O-])OP(=O)([O-])OC[C@H]1OC(n2ccc(N)nc2=O)[C@@H](O)[C@@H]1O)CSCCCCCCCCCCCCCCCC.[Na+].[Na+]. The normalized spacial score (nSPS) is 19.3. The topological polar surface area (TPSA) is 245 Å². The summed E-state index contributed by atoms with van der Waals surface area (Å²) in [5, 5.41) is 20.9. The summed E-state index contributed by atoms with van der Waals surface area (Å²) >= 11 is 1.50. The first-order valence-corrected chi connectivity index (χ1v) is 29.1. The van der Waals surface area contributed by atoms with Crippen molar-refractivity contribution >= 4 is 39.2 Å². The fourth-order valence-electron chi connectivity index (χ4n) is 7.84. The molecule has 0 aliphatic carbocycles. The number of rotatable bonds is 43. The first-order chi connectivity index (χ1) is 31.3. The molecule has 1 aliphatic rings. The molecule has 0 aromatic carbocycles. The number of aliphatic hydroxyl groups is 2. The molecule has 1 fully saturated rings. The molecule has 21 heteroatoms. The molecule has 0 bridgehead atoms. The molecule has 0 saturated carbocycles. The number of aliphatic hydroxyl groups excluding tert-OH is 2. The van der Waals surface area contributed by atoms with Gasteiger partial charge in [-0.05, 0) is 24.7 Å². The second-order valence-corrected chi connectivity index (χ2v) is 21.7. The molecule has 0 spiro atoms. The van der Waals surface area contributed by atoms with Crippen LogP contribution < -0.4 is 80.3 Å². The van der Waals surface area contributed by atoms with Gasteiger partial charge >= 0.3 is 70.8 Å². The van der Waals surface area contributed by atoms with Gasteiger partial charge in [-0.1, -0.05) is 187 Å². The minimum atomic E-state index is -5.64. The number of thioether (sulfide) groups is 1. The Balaban J connectivity index is 0.0000218. The Bertz CT molecular complexity index is 1540. The van der Waals surface area contributed by atoms with Gasteiger partial charge in [0.1, 0.15) is 30.2 Å². The van der Waals surface area contributed by atoms with E-state index in [2.05, 4.69) is 27.7 Å². The van der Waals surface area contributed by atoms with Gasteiger partial charge < -0.3 is 44.3 Å². The maximum atomic E-state index is 12.9. The molecule has 2 heterocycles. The standard InChI is InChI=1S/C46H87N3O13P2S.2Na/c1-3-5-7-9-11-13-15-17-19-20-22-24-26-28-30-32-42(50)60-39(38-65-35-31-29-27-25-23-21-18-16-14-12-10-8-6-4-2)36-58-63(54,55)62-64(56,57)59-37-40-43(51)44(52)45(61-40)49-34-33-41(47)48-46(49)53;;/h33-34,39-40,43-45,51-52H,3-32,35-38H2,1-2H3,(H,54,55)(H,56,57)(H2,47,48,53);;/q;2*+1/p-2/t39?,40-,43-,44+,45?;;/m1../s1. The summed E-state index contributed by atoms with van der Waals surface area (Å²) in [7, 11) is -11.2. The molecule has 67 heavy (non-hydrogen) atoms. The summed E-state index contributed by atoms with van der Waals surface area (Å²) in [6.45, 7) is 2.85. The van der Waals surface area contributed by atoms with Crippen molar-refractivity contribution in [3.8, 4) is 0 Å². The van der Waals surface area contributed by atoms with Crippen molar-refractivity contribution in [2.45, 2.75) is 237 Å². The smallest absolute Gasteiger partial charge is 0.756 e. The molecule has 4 unspecified atom stereocenters. The van der Waals surface area contributed by atoms with Crippen LogP contribution in [0, 0.1) is 0 Å². The molecule has 1 aliphatic heterocycles. The van der Waals surface area contributed by atoms with Gasteiger partial charge in [0.25, 0.3) is 15.6 Å². The molecule has 4 N–H and O–H groups in total. The van der Waals surface area contributed by atoms with Gasteiger partial charge in [0.05, 0.1) is 13.2 Å². The molecular weight excluding hydrogens is 943 g/mol. The van der Waals surface area contributed by atoms with E-state index in [4.69, 9.17) is 19.7 Å². The van der Waals surface area contributed by atoms with Crippen molar-refractivity contribution in [2.75, 3.05) is 30.5 Å². The summed E-state index contributed by atoms with van der Waals surface area (Å²) in [5.41, 5.74) is 4.60. The Hall–Kier alpha value is 0.640. The molecule has 380 valence electrons. The number of nitrogens with zero attached hydrogens (tertiary/aromatic N) is 2. The number of anilines is 1. The van der Waals surface area contributed by atoms with Crippen LogP contribution in [-0.2, 0) is 36.8 Å². The molecule has 1 saturated heterocycles. The van der Waals surface area contributed by atoms with Crippen molar-refractivity contribution in [1.29, 1.82) is 0 Å². The number of esters is 1. The second-order valence-electron chi connectivity index (χ2n) is 17.6. The van der Waals surface area contributed by atoms with Crippen LogP contribution in [0.2, 0.25) is 0 Å². The number of aromatic nitrogens is 2. The Labute approximate surface area is 451 Å². The first kappa shape index (κ1) is 67.6. The summed E-state index contributed by atoms with van der Waals surface area (Å²) in [5.74, 6) is 0.430. The van der Waals surface area contributed by atoms with Crippen molar-refractivity contribution in [2.24, 2.45) is 0 Å². The molecule has 2 rings (SSSR count). The number of phosphoric ester groups is 2. The fourth-order valence-corrected chi connectivity index (χ4v) is 10.9. The summed E-state index contributed by atoms with van der Waals surface area (Å²) in [6.07, 6.45) is 29.4. The number of ether oxygens (including phenoxy) is 2. The van der Waals surface area contributed by atoms with E-state index in [0.717, 1.165) is 48.8 Å². The zero-order valence-electron chi connectivity index (χ0n) is 41.7. The molecule has 1 aromatic rings. The van der Waals surface area contributed by atoms with Crippen molar-refractivity contribution in [3.05, 3.63) is 22.7 Å². The third-order valence-electron chi connectivity index (χ3n) is 11.7. The number of nitrogens with two attached hydrogens (primary N) is 1. The number of hydrogen-bond donors (Lipinski definition) is 3. The van der Waals surface area contributed by atoms with Gasteiger partial charge in [-0.15, -0.1) is 0 Å². The minimum absolute atomic E-state index is 0. The molecule has 1 aromatic heterocycles. The number of nitrogen functional groups attached to an aromatic ring is 1. The van der Waals surface area contributed by atoms with Crippen molar-refractivity contribution in [3.63, 3.8) is 0 Å². The van der Waals surface area contributed by atoms with E-state index < -0.39 is 71.2 Å². The number of phosphoric acid groups is 2.